The number of carbonyl (C=O) groups excluding carboxylic acids is 1. The van der Waals surface area contributed by atoms with Gasteiger partial charge in [-0.05, 0) is 48.5 Å². The third-order valence-electron chi connectivity index (χ3n) is 4.29. The van der Waals surface area contributed by atoms with E-state index in [1.54, 1.807) is 49.8 Å². The zero-order valence-electron chi connectivity index (χ0n) is 16.5. The Balaban J connectivity index is 1.53. The van der Waals surface area contributed by atoms with Crippen molar-refractivity contribution in [1.82, 2.24) is 9.97 Å². The quantitative estimate of drug-likeness (QED) is 0.602. The first-order valence-corrected chi connectivity index (χ1v) is 9.26. The van der Waals surface area contributed by atoms with Crippen molar-refractivity contribution < 1.29 is 14.3 Å². The molecule has 1 amide bonds. The van der Waals surface area contributed by atoms with Crippen molar-refractivity contribution in [2.24, 2.45) is 0 Å². The van der Waals surface area contributed by atoms with Gasteiger partial charge >= 0.3 is 0 Å². The molecule has 0 spiro atoms. The third kappa shape index (κ3) is 6.02. The zero-order valence-corrected chi connectivity index (χ0v) is 16.5. The predicted octanol–water partition coefficient (Wildman–Crippen LogP) is 3.39. The zero-order chi connectivity index (χ0) is 20.5. The summed E-state index contributed by atoms with van der Waals surface area (Å²) in [4.78, 5) is 23.0. The summed E-state index contributed by atoms with van der Waals surface area (Å²) < 4.78 is 10.8. The van der Waals surface area contributed by atoms with Crippen LogP contribution in [0.5, 0.6) is 5.75 Å². The molecule has 150 valence electrons. The van der Waals surface area contributed by atoms with E-state index in [1.807, 2.05) is 36.2 Å². The summed E-state index contributed by atoms with van der Waals surface area (Å²) in [6, 6.07) is 16.3. The van der Waals surface area contributed by atoms with Crippen LogP contribution in [0.15, 0.2) is 67.0 Å². The molecule has 0 unspecified atom stereocenters. The number of likely N-dealkylation sites (N-methyl/N-ethyl adjacent to an activating group) is 1. The van der Waals surface area contributed by atoms with Gasteiger partial charge in [-0.2, -0.15) is 0 Å². The molecule has 0 aliphatic heterocycles. The molecule has 7 nitrogen and oxygen atoms in total. The van der Waals surface area contributed by atoms with Crippen LogP contribution in [-0.4, -0.2) is 43.2 Å². The Morgan fingerprint density at radius 3 is 2.55 bits per heavy atom. The minimum atomic E-state index is -0.228. The molecule has 2 aromatic heterocycles. The van der Waals surface area contributed by atoms with Crippen molar-refractivity contribution in [3.63, 3.8) is 0 Å². The highest BCUT2D eigenvalue weighted by atomic mass is 16.5. The Labute approximate surface area is 170 Å². The van der Waals surface area contributed by atoms with Gasteiger partial charge < -0.3 is 19.7 Å². The summed E-state index contributed by atoms with van der Waals surface area (Å²) in [6.45, 7) is 1.77. The smallest absolute Gasteiger partial charge is 0.256 e. The van der Waals surface area contributed by atoms with Gasteiger partial charge in [0.05, 0.1) is 24.2 Å². The number of hydrogen-bond donors (Lipinski definition) is 1. The first-order valence-electron chi connectivity index (χ1n) is 9.26. The Hall–Kier alpha value is -3.45. The number of rotatable bonds is 9. The van der Waals surface area contributed by atoms with Crippen LogP contribution in [0.3, 0.4) is 0 Å². The molecule has 3 rings (SSSR count). The molecule has 3 aromatic rings. The number of amides is 1. The highest BCUT2D eigenvalue weighted by molar-refractivity contribution is 6.03. The van der Waals surface area contributed by atoms with Crippen LogP contribution in [0.4, 0.5) is 11.5 Å². The fraction of sp³-hybridized carbons (Fsp3) is 0.227. The van der Waals surface area contributed by atoms with Gasteiger partial charge in [-0.25, -0.2) is 4.98 Å². The molecular weight excluding hydrogens is 368 g/mol. The summed E-state index contributed by atoms with van der Waals surface area (Å²) in [6.07, 6.45) is 3.45. The van der Waals surface area contributed by atoms with E-state index < -0.39 is 0 Å². The van der Waals surface area contributed by atoms with Crippen LogP contribution >= 0.6 is 0 Å². The molecule has 2 heterocycles. The molecule has 7 heteroatoms. The number of methoxy groups -OCH3 is 1. The first-order chi connectivity index (χ1) is 14.2. The molecule has 0 aliphatic rings. The van der Waals surface area contributed by atoms with Crippen LogP contribution in [0, 0.1) is 0 Å². The van der Waals surface area contributed by atoms with Gasteiger partial charge in [0.2, 0.25) is 0 Å². The number of pyridine rings is 2. The lowest BCUT2D eigenvalue weighted by atomic mass is 10.2. The number of carbonyl (C=O) groups is 1. The molecule has 0 fully saturated rings. The van der Waals surface area contributed by atoms with E-state index in [4.69, 9.17) is 9.47 Å². The Morgan fingerprint density at radius 1 is 1.07 bits per heavy atom. The number of benzene rings is 1. The normalized spacial score (nSPS) is 10.4. The second kappa shape index (κ2) is 10.2. The fourth-order valence-corrected chi connectivity index (χ4v) is 2.57. The van der Waals surface area contributed by atoms with Gasteiger partial charge in [0.25, 0.3) is 5.91 Å². The minimum Gasteiger partial charge on any atom is -0.487 e. The van der Waals surface area contributed by atoms with Gasteiger partial charge in [0.15, 0.2) is 0 Å². The predicted molar refractivity (Wildman–Crippen MR) is 112 cm³/mol. The second-order valence-corrected chi connectivity index (χ2v) is 6.40. The summed E-state index contributed by atoms with van der Waals surface area (Å²) in [5.74, 6) is 0.942. The molecule has 29 heavy (non-hydrogen) atoms. The van der Waals surface area contributed by atoms with Crippen molar-refractivity contribution in [3.05, 3.63) is 78.2 Å². The van der Waals surface area contributed by atoms with E-state index >= 15 is 0 Å². The van der Waals surface area contributed by atoms with Crippen molar-refractivity contribution >= 4 is 17.4 Å². The molecule has 0 saturated carbocycles. The van der Waals surface area contributed by atoms with Crippen LogP contribution < -0.4 is 15.0 Å². The van der Waals surface area contributed by atoms with E-state index in [0.717, 1.165) is 17.9 Å². The Morgan fingerprint density at radius 2 is 1.90 bits per heavy atom. The van der Waals surface area contributed by atoms with Crippen molar-refractivity contribution in [3.8, 4) is 5.75 Å². The molecular formula is C22H24N4O3. The third-order valence-corrected chi connectivity index (χ3v) is 4.29. The van der Waals surface area contributed by atoms with Gasteiger partial charge in [-0.1, -0.05) is 6.07 Å². The lowest BCUT2D eigenvalue weighted by Gasteiger charge is -2.18. The van der Waals surface area contributed by atoms with Crippen molar-refractivity contribution in [2.75, 3.05) is 37.5 Å². The second-order valence-electron chi connectivity index (χ2n) is 6.40. The van der Waals surface area contributed by atoms with Crippen LogP contribution in [0.25, 0.3) is 0 Å². The molecule has 0 saturated heterocycles. The monoisotopic (exact) mass is 392 g/mol. The van der Waals surface area contributed by atoms with E-state index in [0.29, 0.717) is 30.3 Å². The van der Waals surface area contributed by atoms with Crippen molar-refractivity contribution in [2.45, 2.75) is 6.61 Å². The number of ether oxygens (including phenoxy) is 2. The average molecular weight is 392 g/mol. The molecule has 1 aromatic carbocycles. The topological polar surface area (TPSA) is 76.6 Å². The lowest BCUT2D eigenvalue weighted by Crippen LogP contribution is -2.22. The molecule has 0 atom stereocenters. The minimum absolute atomic E-state index is 0.228. The number of nitrogens with zero attached hydrogens (tertiary/aromatic N) is 3. The van der Waals surface area contributed by atoms with Gasteiger partial charge in [-0.3, -0.25) is 9.78 Å². The number of hydrogen-bond acceptors (Lipinski definition) is 6. The summed E-state index contributed by atoms with van der Waals surface area (Å²) in [5, 5.41) is 2.80. The highest BCUT2D eigenvalue weighted by Crippen LogP contribution is 2.16. The van der Waals surface area contributed by atoms with E-state index in [-0.39, 0.29) is 5.91 Å². The maximum atomic E-state index is 12.4. The summed E-state index contributed by atoms with van der Waals surface area (Å²) in [5.41, 5.74) is 2.32. The van der Waals surface area contributed by atoms with Crippen LogP contribution in [0.2, 0.25) is 0 Å². The van der Waals surface area contributed by atoms with Crippen LogP contribution in [0.1, 0.15) is 16.1 Å². The maximum Gasteiger partial charge on any atom is 0.256 e. The standard InChI is InChI=1S/C22H24N4O3/c1-26(13-14-28-2)19-8-11-21(24-15-19)25-22(27)17-6-9-20(10-7-17)29-16-18-5-3-4-12-23-18/h3-12,15H,13-14,16H2,1-2H3,(H,24,25,27). The van der Waals surface area contributed by atoms with E-state index in [2.05, 4.69) is 15.3 Å². The van der Waals surface area contributed by atoms with Gasteiger partial charge in [0, 0.05) is 32.5 Å². The number of anilines is 2. The number of aromatic nitrogens is 2. The molecule has 0 aliphatic carbocycles. The van der Waals surface area contributed by atoms with Crippen molar-refractivity contribution in [1.29, 1.82) is 0 Å². The summed E-state index contributed by atoms with van der Waals surface area (Å²) in [7, 11) is 3.63. The SMILES string of the molecule is COCCN(C)c1ccc(NC(=O)c2ccc(OCc3ccccn3)cc2)nc1. The van der Waals surface area contributed by atoms with E-state index in [1.165, 1.54) is 0 Å². The fourth-order valence-electron chi connectivity index (χ4n) is 2.57. The Bertz CT molecular complexity index is 900. The Kier molecular flexibility index (Phi) is 7.13. The lowest BCUT2D eigenvalue weighted by molar-refractivity contribution is 0.102. The van der Waals surface area contributed by atoms with E-state index in [9.17, 15) is 4.79 Å². The van der Waals surface area contributed by atoms with Gasteiger partial charge in [-0.15, -0.1) is 0 Å². The largest absolute Gasteiger partial charge is 0.487 e. The maximum absolute atomic E-state index is 12.4. The van der Waals surface area contributed by atoms with Crippen LogP contribution in [-0.2, 0) is 11.3 Å². The average Bonchev–Trinajstić information content (AvgIpc) is 2.77. The van der Waals surface area contributed by atoms with Gasteiger partial charge in [0.1, 0.15) is 18.2 Å². The highest BCUT2D eigenvalue weighted by Gasteiger charge is 2.08. The first kappa shape index (κ1) is 20.3. The number of nitrogens with one attached hydrogen (secondary N) is 1. The summed E-state index contributed by atoms with van der Waals surface area (Å²) >= 11 is 0. The molecule has 1 N–H and O–H groups in total. The molecule has 0 bridgehead atoms. The molecule has 0 radical (unpaired) electrons.